The molecule has 2 rings (SSSR count). The monoisotopic (exact) mass is 216 g/mol. The summed E-state index contributed by atoms with van der Waals surface area (Å²) in [4.78, 5) is 2.35. The molecule has 2 heterocycles. The summed E-state index contributed by atoms with van der Waals surface area (Å²) < 4.78 is 6.04. The number of likely N-dealkylation sites (tertiary alicyclic amines) is 1. The fourth-order valence-corrected chi connectivity index (χ4v) is 2.21. The SMILES string of the molecule is CN1CCC(OC2CCNCC2)C1.CO. The molecule has 1 atom stereocenters. The highest BCUT2D eigenvalue weighted by Crippen LogP contribution is 2.16. The Morgan fingerprint density at radius 3 is 2.33 bits per heavy atom. The molecule has 0 spiro atoms. The number of nitrogens with zero attached hydrogens (tertiary/aromatic N) is 1. The van der Waals surface area contributed by atoms with Gasteiger partial charge in [0.15, 0.2) is 0 Å². The van der Waals surface area contributed by atoms with Crippen molar-refractivity contribution < 1.29 is 9.84 Å². The van der Waals surface area contributed by atoms with Crippen LogP contribution in [0.4, 0.5) is 0 Å². The van der Waals surface area contributed by atoms with Crippen LogP contribution in [0.5, 0.6) is 0 Å². The van der Waals surface area contributed by atoms with Gasteiger partial charge in [-0.15, -0.1) is 0 Å². The van der Waals surface area contributed by atoms with Crippen LogP contribution in [0.3, 0.4) is 0 Å². The Balaban J connectivity index is 0.000000531. The van der Waals surface area contributed by atoms with Crippen molar-refractivity contribution in [3.05, 3.63) is 0 Å². The second kappa shape index (κ2) is 7.17. The van der Waals surface area contributed by atoms with E-state index in [1.165, 1.54) is 25.8 Å². The fraction of sp³-hybridized carbons (Fsp3) is 1.00. The third kappa shape index (κ3) is 4.47. The van der Waals surface area contributed by atoms with Crippen LogP contribution in [-0.4, -0.2) is 62.6 Å². The Labute approximate surface area is 92.6 Å². The second-order valence-electron chi connectivity index (χ2n) is 4.26. The van der Waals surface area contributed by atoms with E-state index >= 15 is 0 Å². The van der Waals surface area contributed by atoms with Gasteiger partial charge in [-0.1, -0.05) is 0 Å². The van der Waals surface area contributed by atoms with E-state index in [0.717, 1.165) is 26.7 Å². The molecule has 2 aliphatic heterocycles. The second-order valence-corrected chi connectivity index (χ2v) is 4.26. The molecular formula is C11H24N2O2. The van der Waals surface area contributed by atoms with E-state index in [2.05, 4.69) is 17.3 Å². The smallest absolute Gasteiger partial charge is 0.0717 e. The molecule has 15 heavy (non-hydrogen) atoms. The first-order chi connectivity index (χ1) is 7.34. The van der Waals surface area contributed by atoms with Crippen LogP contribution in [0.15, 0.2) is 0 Å². The zero-order valence-corrected chi connectivity index (χ0v) is 9.91. The van der Waals surface area contributed by atoms with Crippen molar-refractivity contribution >= 4 is 0 Å². The van der Waals surface area contributed by atoms with Crippen LogP contribution in [0.1, 0.15) is 19.3 Å². The number of nitrogens with one attached hydrogen (secondary N) is 1. The summed E-state index contributed by atoms with van der Waals surface area (Å²) in [5, 5.41) is 10.4. The predicted molar refractivity (Wildman–Crippen MR) is 61.0 cm³/mol. The molecule has 90 valence electrons. The Kier molecular flexibility index (Phi) is 6.17. The highest BCUT2D eigenvalue weighted by molar-refractivity contribution is 4.77. The molecular weight excluding hydrogens is 192 g/mol. The number of hydrogen-bond acceptors (Lipinski definition) is 4. The van der Waals surface area contributed by atoms with Crippen molar-refractivity contribution in [3.8, 4) is 0 Å². The topological polar surface area (TPSA) is 44.7 Å². The number of likely N-dealkylation sites (N-methyl/N-ethyl adjacent to an activating group) is 1. The number of aliphatic hydroxyl groups excluding tert-OH is 1. The molecule has 0 aromatic heterocycles. The Morgan fingerprint density at radius 2 is 1.80 bits per heavy atom. The van der Waals surface area contributed by atoms with Crippen molar-refractivity contribution in [1.82, 2.24) is 10.2 Å². The van der Waals surface area contributed by atoms with E-state index in [4.69, 9.17) is 9.84 Å². The predicted octanol–water partition coefficient (Wildman–Crippen LogP) is 0.0676. The fourth-order valence-electron chi connectivity index (χ4n) is 2.21. The van der Waals surface area contributed by atoms with Gasteiger partial charge in [0, 0.05) is 20.2 Å². The summed E-state index contributed by atoms with van der Waals surface area (Å²) in [7, 11) is 3.17. The normalized spacial score (nSPS) is 28.6. The van der Waals surface area contributed by atoms with Crippen molar-refractivity contribution in [2.45, 2.75) is 31.5 Å². The van der Waals surface area contributed by atoms with Gasteiger partial charge in [0.2, 0.25) is 0 Å². The molecule has 4 nitrogen and oxygen atoms in total. The van der Waals surface area contributed by atoms with E-state index in [0.29, 0.717) is 12.2 Å². The van der Waals surface area contributed by atoms with E-state index in [1.54, 1.807) is 0 Å². The first-order valence-corrected chi connectivity index (χ1v) is 5.84. The zero-order valence-electron chi connectivity index (χ0n) is 9.91. The third-order valence-corrected chi connectivity index (χ3v) is 3.02. The standard InChI is InChI=1S/C10H20N2O.CH4O/c1-12-7-4-10(8-12)13-9-2-5-11-6-3-9;1-2/h9-11H,2-8H2,1H3;2H,1H3. The maximum Gasteiger partial charge on any atom is 0.0717 e. The summed E-state index contributed by atoms with van der Waals surface area (Å²) in [5.41, 5.74) is 0. The van der Waals surface area contributed by atoms with Crippen LogP contribution in [-0.2, 0) is 4.74 Å². The Bertz CT molecular complexity index is 158. The number of piperidine rings is 1. The lowest BCUT2D eigenvalue weighted by Crippen LogP contribution is -2.35. The molecule has 0 aromatic carbocycles. The van der Waals surface area contributed by atoms with Gasteiger partial charge < -0.3 is 20.1 Å². The lowest BCUT2D eigenvalue weighted by atomic mass is 10.1. The zero-order chi connectivity index (χ0) is 11.1. The molecule has 2 aliphatic rings. The van der Waals surface area contributed by atoms with Gasteiger partial charge in [-0.25, -0.2) is 0 Å². The van der Waals surface area contributed by atoms with E-state index in [-0.39, 0.29) is 0 Å². The molecule has 2 saturated heterocycles. The van der Waals surface area contributed by atoms with Gasteiger partial charge in [-0.3, -0.25) is 0 Å². The summed E-state index contributed by atoms with van der Waals surface area (Å²) in [6, 6.07) is 0. The number of ether oxygens (including phenoxy) is 1. The molecule has 0 bridgehead atoms. The average molecular weight is 216 g/mol. The van der Waals surface area contributed by atoms with Crippen molar-refractivity contribution in [1.29, 1.82) is 0 Å². The summed E-state index contributed by atoms with van der Waals surface area (Å²) >= 11 is 0. The van der Waals surface area contributed by atoms with Gasteiger partial charge in [-0.2, -0.15) is 0 Å². The Morgan fingerprint density at radius 1 is 1.13 bits per heavy atom. The lowest BCUT2D eigenvalue weighted by molar-refractivity contribution is -0.0197. The number of rotatable bonds is 2. The first kappa shape index (κ1) is 12.9. The molecule has 0 amide bonds. The van der Waals surface area contributed by atoms with Gasteiger partial charge in [0.05, 0.1) is 12.2 Å². The number of aliphatic hydroxyl groups is 1. The van der Waals surface area contributed by atoms with Gasteiger partial charge in [0.1, 0.15) is 0 Å². The minimum absolute atomic E-state index is 0.507. The molecule has 0 aliphatic carbocycles. The molecule has 0 radical (unpaired) electrons. The van der Waals surface area contributed by atoms with E-state index in [1.807, 2.05) is 0 Å². The molecule has 4 heteroatoms. The van der Waals surface area contributed by atoms with Crippen LogP contribution >= 0.6 is 0 Å². The van der Waals surface area contributed by atoms with Crippen LogP contribution in [0, 0.1) is 0 Å². The highest BCUT2D eigenvalue weighted by Gasteiger charge is 2.24. The Hall–Kier alpha value is -0.160. The third-order valence-electron chi connectivity index (χ3n) is 3.02. The lowest BCUT2D eigenvalue weighted by Gasteiger charge is -2.26. The first-order valence-electron chi connectivity index (χ1n) is 5.84. The average Bonchev–Trinajstić information content (AvgIpc) is 2.68. The molecule has 0 aromatic rings. The van der Waals surface area contributed by atoms with Crippen molar-refractivity contribution in [2.24, 2.45) is 0 Å². The van der Waals surface area contributed by atoms with Crippen LogP contribution in [0.2, 0.25) is 0 Å². The minimum atomic E-state index is 0.507. The molecule has 1 unspecified atom stereocenters. The minimum Gasteiger partial charge on any atom is -0.400 e. The maximum atomic E-state index is 7.00. The van der Waals surface area contributed by atoms with E-state index in [9.17, 15) is 0 Å². The molecule has 2 N–H and O–H groups in total. The number of hydrogen-bond donors (Lipinski definition) is 2. The van der Waals surface area contributed by atoms with E-state index < -0.39 is 0 Å². The summed E-state index contributed by atoms with van der Waals surface area (Å²) in [5.74, 6) is 0. The summed E-state index contributed by atoms with van der Waals surface area (Å²) in [6.45, 7) is 4.60. The van der Waals surface area contributed by atoms with Gasteiger partial charge >= 0.3 is 0 Å². The molecule has 0 saturated carbocycles. The van der Waals surface area contributed by atoms with Gasteiger partial charge in [0.25, 0.3) is 0 Å². The van der Waals surface area contributed by atoms with Gasteiger partial charge in [-0.05, 0) is 39.4 Å². The largest absolute Gasteiger partial charge is 0.400 e. The quantitative estimate of drug-likeness (QED) is 0.685. The van der Waals surface area contributed by atoms with Crippen LogP contribution in [0.25, 0.3) is 0 Å². The van der Waals surface area contributed by atoms with Crippen LogP contribution < -0.4 is 5.32 Å². The maximum absolute atomic E-state index is 7.00. The van der Waals surface area contributed by atoms with Crippen molar-refractivity contribution in [2.75, 3.05) is 40.3 Å². The van der Waals surface area contributed by atoms with Crippen molar-refractivity contribution in [3.63, 3.8) is 0 Å². The summed E-state index contributed by atoms with van der Waals surface area (Å²) in [6.07, 6.45) is 4.65. The molecule has 2 fully saturated rings. The highest BCUT2D eigenvalue weighted by atomic mass is 16.5.